The Kier molecular flexibility index (Phi) is 5.73. The Labute approximate surface area is 108 Å². The van der Waals surface area contributed by atoms with Crippen LogP contribution in [0.25, 0.3) is 0 Å². The van der Waals surface area contributed by atoms with E-state index in [-0.39, 0.29) is 12.4 Å². The highest BCUT2D eigenvalue weighted by Gasteiger charge is 2.09. The summed E-state index contributed by atoms with van der Waals surface area (Å²) in [6.07, 6.45) is 6.25. The van der Waals surface area contributed by atoms with Gasteiger partial charge >= 0.3 is 0 Å². The lowest BCUT2D eigenvalue weighted by atomic mass is 10.1. The van der Waals surface area contributed by atoms with Crippen LogP contribution < -0.4 is 5.32 Å². The number of benzene rings is 1. The molecule has 0 atom stereocenters. The van der Waals surface area contributed by atoms with Crippen molar-refractivity contribution < 1.29 is 4.79 Å². The smallest absolute Gasteiger partial charge is 0.211 e. The Morgan fingerprint density at radius 3 is 2.82 bits per heavy atom. The van der Waals surface area contributed by atoms with Gasteiger partial charge in [0.25, 0.3) is 0 Å². The number of hydrogen-bond donors (Lipinski definition) is 1. The molecule has 0 aliphatic carbocycles. The first-order valence-corrected chi connectivity index (χ1v) is 5.55. The van der Waals surface area contributed by atoms with Gasteiger partial charge in [0.05, 0.1) is 0 Å². The van der Waals surface area contributed by atoms with E-state index in [0.29, 0.717) is 0 Å². The highest BCUT2D eigenvalue weighted by atomic mass is 35.5. The highest BCUT2D eigenvalue weighted by molar-refractivity contribution is 5.85. The van der Waals surface area contributed by atoms with Crippen molar-refractivity contribution in [2.45, 2.75) is 13.0 Å². The molecule has 17 heavy (non-hydrogen) atoms. The molecule has 0 radical (unpaired) electrons. The average Bonchev–Trinajstić information content (AvgIpc) is 2.33. The summed E-state index contributed by atoms with van der Waals surface area (Å²) < 4.78 is 0. The summed E-state index contributed by atoms with van der Waals surface area (Å²) >= 11 is 0. The summed E-state index contributed by atoms with van der Waals surface area (Å²) in [5.41, 5.74) is 2.08. The summed E-state index contributed by atoms with van der Waals surface area (Å²) in [5, 5.41) is 2.74. The molecule has 1 aromatic carbocycles. The van der Waals surface area contributed by atoms with Gasteiger partial charge < -0.3 is 5.32 Å². The van der Waals surface area contributed by atoms with Crippen molar-refractivity contribution >= 4 is 24.5 Å². The second-order valence-corrected chi connectivity index (χ2v) is 3.91. The maximum Gasteiger partial charge on any atom is 0.211 e. The van der Waals surface area contributed by atoms with Crippen LogP contribution in [0.2, 0.25) is 0 Å². The molecule has 0 bridgehead atoms. The number of carbonyl (C=O) groups is 1. The topological polar surface area (TPSA) is 32.3 Å². The zero-order valence-corrected chi connectivity index (χ0v) is 10.5. The van der Waals surface area contributed by atoms with Crippen LogP contribution in [-0.2, 0) is 11.3 Å². The van der Waals surface area contributed by atoms with Crippen molar-refractivity contribution in [2.75, 3.05) is 18.4 Å². The van der Waals surface area contributed by atoms with Crippen molar-refractivity contribution in [3.63, 3.8) is 0 Å². The van der Waals surface area contributed by atoms with E-state index in [2.05, 4.69) is 28.4 Å². The Morgan fingerprint density at radius 2 is 2.12 bits per heavy atom. The number of halogens is 1. The second-order valence-electron chi connectivity index (χ2n) is 3.91. The zero-order chi connectivity index (χ0) is 11.2. The van der Waals surface area contributed by atoms with Gasteiger partial charge in [-0.15, -0.1) is 12.4 Å². The van der Waals surface area contributed by atoms with Crippen LogP contribution in [0.15, 0.2) is 36.4 Å². The third kappa shape index (κ3) is 3.88. The van der Waals surface area contributed by atoms with E-state index in [4.69, 9.17) is 0 Å². The molecule has 1 aliphatic heterocycles. The molecule has 1 aliphatic rings. The van der Waals surface area contributed by atoms with E-state index >= 15 is 0 Å². The van der Waals surface area contributed by atoms with Gasteiger partial charge in [0.1, 0.15) is 0 Å². The fourth-order valence-electron chi connectivity index (χ4n) is 1.94. The summed E-state index contributed by atoms with van der Waals surface area (Å²) in [7, 11) is 0. The molecule has 2 rings (SSSR count). The molecule has 4 heteroatoms. The third-order valence-electron chi connectivity index (χ3n) is 2.77. The first kappa shape index (κ1) is 13.7. The maximum absolute atomic E-state index is 10.5. The minimum Gasteiger partial charge on any atom is -0.328 e. The van der Waals surface area contributed by atoms with Crippen molar-refractivity contribution in [1.29, 1.82) is 0 Å². The number of hydrogen-bond acceptors (Lipinski definition) is 2. The van der Waals surface area contributed by atoms with Gasteiger partial charge in [-0.25, -0.2) is 0 Å². The first-order valence-electron chi connectivity index (χ1n) is 5.55. The van der Waals surface area contributed by atoms with Crippen molar-refractivity contribution in [3.8, 4) is 0 Å². The Hall–Kier alpha value is -1.32. The predicted octanol–water partition coefficient (Wildman–Crippen LogP) is 2.44. The first-order chi connectivity index (χ1) is 7.90. The number of para-hydroxylation sites is 1. The van der Waals surface area contributed by atoms with Crippen molar-refractivity contribution in [3.05, 3.63) is 42.0 Å². The quantitative estimate of drug-likeness (QED) is 0.660. The van der Waals surface area contributed by atoms with Crippen LogP contribution in [-0.4, -0.2) is 24.4 Å². The molecular weight excluding hydrogens is 236 g/mol. The normalized spacial score (nSPS) is 15.1. The molecule has 0 unspecified atom stereocenters. The van der Waals surface area contributed by atoms with E-state index < -0.39 is 0 Å². The molecule has 1 amide bonds. The summed E-state index contributed by atoms with van der Waals surface area (Å²) in [5.74, 6) is 0. The Bertz CT molecular complexity index is 393. The largest absolute Gasteiger partial charge is 0.328 e. The fraction of sp³-hybridized carbons (Fsp3) is 0.308. The maximum atomic E-state index is 10.5. The summed E-state index contributed by atoms with van der Waals surface area (Å²) in [4.78, 5) is 12.8. The van der Waals surface area contributed by atoms with Gasteiger partial charge in [-0.05, 0) is 18.1 Å². The van der Waals surface area contributed by atoms with Crippen LogP contribution in [0.4, 0.5) is 5.69 Å². The van der Waals surface area contributed by atoms with E-state index in [1.54, 1.807) is 0 Å². The molecule has 3 nitrogen and oxygen atoms in total. The lowest BCUT2D eigenvalue weighted by Gasteiger charge is -2.23. The van der Waals surface area contributed by atoms with Crippen LogP contribution in [0, 0.1) is 0 Å². The SMILES string of the molecule is Cl.O=CNc1ccccc1CN1CC=CCC1. The van der Waals surface area contributed by atoms with E-state index in [1.165, 1.54) is 5.56 Å². The molecule has 0 saturated carbocycles. The van der Waals surface area contributed by atoms with Crippen LogP contribution in [0.1, 0.15) is 12.0 Å². The lowest BCUT2D eigenvalue weighted by molar-refractivity contribution is -0.105. The van der Waals surface area contributed by atoms with Gasteiger partial charge in [-0.1, -0.05) is 30.4 Å². The standard InChI is InChI=1S/C13H16N2O.ClH/c16-11-14-13-7-3-2-6-12(13)10-15-8-4-1-5-9-15;/h1-4,6-7,11H,5,8-10H2,(H,14,16);1H. The summed E-state index contributed by atoms with van der Waals surface area (Å²) in [6.45, 7) is 2.97. The van der Waals surface area contributed by atoms with Crippen LogP contribution in [0.3, 0.4) is 0 Å². The third-order valence-corrected chi connectivity index (χ3v) is 2.77. The molecule has 0 aromatic heterocycles. The minimum absolute atomic E-state index is 0. The molecule has 0 saturated heterocycles. The zero-order valence-electron chi connectivity index (χ0n) is 9.63. The van der Waals surface area contributed by atoms with Crippen molar-refractivity contribution in [2.24, 2.45) is 0 Å². The number of nitrogens with zero attached hydrogens (tertiary/aromatic N) is 1. The van der Waals surface area contributed by atoms with Gasteiger partial charge in [0.15, 0.2) is 0 Å². The molecule has 0 fully saturated rings. The Morgan fingerprint density at radius 1 is 1.29 bits per heavy atom. The number of carbonyl (C=O) groups excluding carboxylic acids is 1. The molecule has 1 N–H and O–H groups in total. The van der Waals surface area contributed by atoms with Gasteiger partial charge in [0.2, 0.25) is 6.41 Å². The lowest BCUT2D eigenvalue weighted by Crippen LogP contribution is -2.27. The van der Waals surface area contributed by atoms with Gasteiger partial charge in [-0.2, -0.15) is 0 Å². The molecule has 1 heterocycles. The second kappa shape index (κ2) is 7.09. The fourth-order valence-corrected chi connectivity index (χ4v) is 1.94. The van der Waals surface area contributed by atoms with Crippen molar-refractivity contribution in [1.82, 2.24) is 4.90 Å². The van der Waals surface area contributed by atoms with Crippen LogP contribution in [0.5, 0.6) is 0 Å². The monoisotopic (exact) mass is 252 g/mol. The molecule has 1 aromatic rings. The minimum atomic E-state index is 0. The highest BCUT2D eigenvalue weighted by Crippen LogP contribution is 2.17. The number of rotatable bonds is 4. The van der Waals surface area contributed by atoms with E-state index in [0.717, 1.165) is 38.2 Å². The van der Waals surface area contributed by atoms with E-state index in [9.17, 15) is 4.79 Å². The predicted molar refractivity (Wildman–Crippen MR) is 72.4 cm³/mol. The van der Waals surface area contributed by atoms with Crippen LogP contribution >= 0.6 is 12.4 Å². The number of nitrogens with one attached hydrogen (secondary N) is 1. The number of amides is 1. The average molecular weight is 253 g/mol. The molecule has 92 valence electrons. The Balaban J connectivity index is 0.00000144. The summed E-state index contributed by atoms with van der Waals surface area (Å²) in [6, 6.07) is 7.93. The molecular formula is C13H17ClN2O. The van der Waals surface area contributed by atoms with E-state index in [1.807, 2.05) is 18.2 Å². The molecule has 0 spiro atoms. The van der Waals surface area contributed by atoms with Gasteiger partial charge in [0, 0.05) is 25.3 Å². The van der Waals surface area contributed by atoms with Gasteiger partial charge in [-0.3, -0.25) is 9.69 Å². The number of anilines is 1.